The third-order valence-electron chi connectivity index (χ3n) is 5.83. The molecule has 1 aromatic rings. The highest BCUT2D eigenvalue weighted by molar-refractivity contribution is 5.80. The van der Waals surface area contributed by atoms with Gasteiger partial charge in [0.2, 0.25) is 0 Å². The van der Waals surface area contributed by atoms with Crippen LogP contribution in [-0.2, 0) is 4.79 Å². The van der Waals surface area contributed by atoms with Crippen LogP contribution >= 0.6 is 0 Å². The first-order valence-electron chi connectivity index (χ1n) is 9.94. The first kappa shape index (κ1) is 18.2. The van der Waals surface area contributed by atoms with Gasteiger partial charge in [0.15, 0.2) is 6.10 Å². The Morgan fingerprint density at radius 1 is 1.08 bits per heavy atom. The second-order valence-corrected chi connectivity index (χ2v) is 7.62. The van der Waals surface area contributed by atoms with Crippen LogP contribution < -0.4 is 10.1 Å². The zero-order chi connectivity index (χ0) is 17.5. The number of carbonyl (C=O) groups excluding carboxylic acids is 1. The summed E-state index contributed by atoms with van der Waals surface area (Å²) in [6.45, 7) is 4.96. The van der Waals surface area contributed by atoms with E-state index in [1.54, 1.807) is 0 Å². The van der Waals surface area contributed by atoms with Crippen molar-refractivity contribution >= 4 is 5.91 Å². The van der Waals surface area contributed by atoms with E-state index < -0.39 is 6.10 Å². The summed E-state index contributed by atoms with van der Waals surface area (Å²) in [5.74, 6) is 0.736. The van der Waals surface area contributed by atoms with Gasteiger partial charge in [-0.2, -0.15) is 0 Å². The molecular formula is C21H32N2O2. The van der Waals surface area contributed by atoms with E-state index in [-0.39, 0.29) is 11.4 Å². The van der Waals surface area contributed by atoms with Crippen LogP contribution in [0.1, 0.15) is 58.3 Å². The van der Waals surface area contributed by atoms with Gasteiger partial charge in [-0.1, -0.05) is 43.9 Å². The van der Waals surface area contributed by atoms with Gasteiger partial charge in [-0.05, 0) is 57.8 Å². The second kappa shape index (κ2) is 8.70. The van der Waals surface area contributed by atoms with Gasteiger partial charge in [0.1, 0.15) is 5.75 Å². The van der Waals surface area contributed by atoms with Crippen LogP contribution in [0.5, 0.6) is 5.75 Å². The maximum atomic E-state index is 12.6. The van der Waals surface area contributed by atoms with Crippen LogP contribution in [0.2, 0.25) is 0 Å². The van der Waals surface area contributed by atoms with E-state index >= 15 is 0 Å². The lowest BCUT2D eigenvalue weighted by Crippen LogP contribution is -2.58. The van der Waals surface area contributed by atoms with E-state index in [1.807, 2.05) is 37.3 Å². The number of likely N-dealkylation sites (tertiary alicyclic amines) is 1. The Kier molecular flexibility index (Phi) is 6.35. The summed E-state index contributed by atoms with van der Waals surface area (Å²) < 4.78 is 5.77. The van der Waals surface area contributed by atoms with E-state index in [4.69, 9.17) is 4.74 Å². The number of ether oxygens (including phenoxy) is 1. The molecule has 2 fully saturated rings. The van der Waals surface area contributed by atoms with Gasteiger partial charge >= 0.3 is 0 Å². The molecular weight excluding hydrogens is 312 g/mol. The van der Waals surface area contributed by atoms with Crippen molar-refractivity contribution in [2.24, 2.45) is 0 Å². The monoisotopic (exact) mass is 344 g/mol. The molecule has 1 N–H and O–H groups in total. The molecule has 0 bridgehead atoms. The summed E-state index contributed by atoms with van der Waals surface area (Å²) in [5.41, 5.74) is 0.167. The summed E-state index contributed by atoms with van der Waals surface area (Å²) in [6, 6.07) is 9.57. The molecule has 1 aliphatic carbocycles. The van der Waals surface area contributed by atoms with E-state index in [2.05, 4.69) is 10.2 Å². The number of piperidine rings is 1. The van der Waals surface area contributed by atoms with E-state index in [0.29, 0.717) is 0 Å². The van der Waals surface area contributed by atoms with Crippen LogP contribution in [0.4, 0.5) is 0 Å². The number of benzene rings is 1. The number of para-hydroxylation sites is 1. The second-order valence-electron chi connectivity index (χ2n) is 7.62. The van der Waals surface area contributed by atoms with Gasteiger partial charge in [-0.3, -0.25) is 9.69 Å². The number of nitrogens with zero attached hydrogens (tertiary/aromatic N) is 1. The Balaban J connectivity index is 1.57. The summed E-state index contributed by atoms with van der Waals surface area (Å²) in [4.78, 5) is 15.2. The summed E-state index contributed by atoms with van der Waals surface area (Å²) in [6.07, 6.45) is 9.78. The van der Waals surface area contributed by atoms with Crippen molar-refractivity contribution in [3.05, 3.63) is 30.3 Å². The van der Waals surface area contributed by atoms with Gasteiger partial charge in [0, 0.05) is 12.1 Å². The van der Waals surface area contributed by atoms with Gasteiger partial charge in [-0.15, -0.1) is 0 Å². The maximum absolute atomic E-state index is 12.6. The smallest absolute Gasteiger partial charge is 0.260 e. The number of carbonyl (C=O) groups is 1. The van der Waals surface area contributed by atoms with Crippen LogP contribution in [0.25, 0.3) is 0 Å². The van der Waals surface area contributed by atoms with Crippen LogP contribution in [-0.4, -0.2) is 42.1 Å². The highest BCUT2D eigenvalue weighted by atomic mass is 16.5. The quantitative estimate of drug-likeness (QED) is 0.854. The molecule has 1 atom stereocenters. The molecule has 0 aromatic heterocycles. The van der Waals surface area contributed by atoms with Crippen molar-refractivity contribution in [2.45, 2.75) is 69.9 Å². The van der Waals surface area contributed by atoms with E-state index in [9.17, 15) is 4.79 Å². The number of amides is 1. The van der Waals surface area contributed by atoms with Crippen molar-refractivity contribution in [3.63, 3.8) is 0 Å². The highest BCUT2D eigenvalue weighted by Gasteiger charge is 2.38. The Morgan fingerprint density at radius 2 is 1.72 bits per heavy atom. The topological polar surface area (TPSA) is 41.6 Å². The molecule has 1 aromatic carbocycles. The molecule has 0 radical (unpaired) electrons. The fraction of sp³-hybridized carbons (Fsp3) is 0.667. The van der Waals surface area contributed by atoms with Crippen LogP contribution in [0.15, 0.2) is 30.3 Å². The van der Waals surface area contributed by atoms with Gasteiger partial charge in [-0.25, -0.2) is 0 Å². The molecule has 1 amide bonds. The first-order valence-corrected chi connectivity index (χ1v) is 9.94. The minimum atomic E-state index is -0.468. The maximum Gasteiger partial charge on any atom is 0.260 e. The average Bonchev–Trinajstić information content (AvgIpc) is 2.68. The minimum Gasteiger partial charge on any atom is -0.481 e. The highest BCUT2D eigenvalue weighted by Crippen LogP contribution is 2.35. The molecule has 25 heavy (non-hydrogen) atoms. The molecule has 138 valence electrons. The Morgan fingerprint density at radius 3 is 2.40 bits per heavy atom. The lowest BCUT2D eigenvalue weighted by atomic mass is 9.79. The third-order valence-corrected chi connectivity index (χ3v) is 5.83. The molecule has 1 heterocycles. The zero-order valence-electron chi connectivity index (χ0n) is 15.5. The first-order chi connectivity index (χ1) is 12.2. The number of rotatable bonds is 6. The standard InChI is InChI=1S/C21H32N2O2/c1-18(25-19-11-5-2-6-12-19)20(24)22-17-21(13-7-3-8-14-21)23-15-9-4-10-16-23/h2,5-6,11-12,18H,3-4,7-10,13-17H2,1H3,(H,22,24). The number of nitrogens with one attached hydrogen (secondary N) is 1. The minimum absolute atomic E-state index is 0.00851. The third kappa shape index (κ3) is 4.75. The molecule has 0 spiro atoms. The van der Waals surface area contributed by atoms with Crippen molar-refractivity contribution in [1.82, 2.24) is 10.2 Å². The predicted molar refractivity (Wildman–Crippen MR) is 101 cm³/mol. The van der Waals surface area contributed by atoms with E-state index in [1.165, 1.54) is 64.5 Å². The summed E-state index contributed by atoms with van der Waals surface area (Å²) in [5, 5.41) is 3.20. The Labute approximate surface area is 151 Å². The van der Waals surface area contributed by atoms with E-state index in [0.717, 1.165) is 12.3 Å². The largest absolute Gasteiger partial charge is 0.481 e. The van der Waals surface area contributed by atoms with Crippen molar-refractivity contribution in [1.29, 1.82) is 0 Å². The molecule has 4 nitrogen and oxygen atoms in total. The molecule has 1 aliphatic heterocycles. The Hall–Kier alpha value is -1.55. The van der Waals surface area contributed by atoms with Gasteiger partial charge < -0.3 is 10.1 Å². The molecule has 4 heteroatoms. The molecule has 2 aliphatic rings. The average molecular weight is 344 g/mol. The fourth-order valence-corrected chi connectivity index (χ4v) is 4.34. The zero-order valence-corrected chi connectivity index (χ0v) is 15.5. The summed E-state index contributed by atoms with van der Waals surface area (Å²) in [7, 11) is 0. The molecule has 1 saturated heterocycles. The fourth-order valence-electron chi connectivity index (χ4n) is 4.34. The molecule has 1 saturated carbocycles. The lowest BCUT2D eigenvalue weighted by Gasteiger charge is -2.48. The van der Waals surface area contributed by atoms with Gasteiger partial charge in [0.05, 0.1) is 0 Å². The molecule has 1 unspecified atom stereocenters. The molecule has 3 rings (SSSR count). The SMILES string of the molecule is CC(Oc1ccccc1)C(=O)NCC1(N2CCCCC2)CCCCC1. The van der Waals surface area contributed by atoms with Crippen molar-refractivity contribution in [3.8, 4) is 5.75 Å². The van der Waals surface area contributed by atoms with Crippen LogP contribution in [0.3, 0.4) is 0 Å². The Bertz CT molecular complexity index is 534. The lowest BCUT2D eigenvalue weighted by molar-refractivity contribution is -0.128. The van der Waals surface area contributed by atoms with Crippen LogP contribution in [0, 0.1) is 0 Å². The van der Waals surface area contributed by atoms with Crippen molar-refractivity contribution in [2.75, 3.05) is 19.6 Å². The summed E-state index contributed by atoms with van der Waals surface area (Å²) >= 11 is 0. The van der Waals surface area contributed by atoms with Crippen molar-refractivity contribution < 1.29 is 9.53 Å². The number of hydrogen-bond acceptors (Lipinski definition) is 3. The van der Waals surface area contributed by atoms with Gasteiger partial charge in [0.25, 0.3) is 5.91 Å². The predicted octanol–water partition coefficient (Wildman–Crippen LogP) is 3.76. The number of hydrogen-bond donors (Lipinski definition) is 1. The normalized spacial score (nSPS) is 22.1.